The fourth-order valence-electron chi connectivity index (χ4n) is 1.96. The number of rotatable bonds is 6. The number of nitrogens with one attached hydrogen (secondary N) is 1. The fraction of sp³-hybridized carbons (Fsp3) is 0.333. The van der Waals surface area contributed by atoms with Gasteiger partial charge < -0.3 is 14.8 Å². The lowest BCUT2D eigenvalue weighted by Gasteiger charge is -2.13. The van der Waals surface area contributed by atoms with E-state index in [2.05, 4.69) is 10.3 Å². The Morgan fingerprint density at radius 2 is 2.18 bits per heavy atom. The quantitative estimate of drug-likeness (QED) is 0.876. The van der Waals surface area contributed by atoms with Crippen molar-refractivity contribution in [3.8, 4) is 11.5 Å². The van der Waals surface area contributed by atoms with Crippen LogP contribution in [0.25, 0.3) is 0 Å². The number of thiazole rings is 1. The Bertz CT molecular complexity index is 646. The number of nitrogens with zero attached hydrogens (tertiary/aromatic N) is 1. The molecule has 0 saturated heterocycles. The van der Waals surface area contributed by atoms with E-state index in [1.54, 1.807) is 29.7 Å². The van der Waals surface area contributed by atoms with E-state index in [1.165, 1.54) is 14.2 Å². The molecule has 0 unspecified atom stereocenters. The van der Waals surface area contributed by atoms with Crippen LogP contribution in [0, 0.1) is 0 Å². The number of carbonyl (C=O) groups is 1. The van der Waals surface area contributed by atoms with Crippen LogP contribution in [0.1, 0.15) is 28.2 Å². The van der Waals surface area contributed by atoms with Crippen molar-refractivity contribution < 1.29 is 14.3 Å². The lowest BCUT2D eigenvalue weighted by molar-refractivity contribution is 0.0951. The number of hydrogen-bond acceptors (Lipinski definition) is 5. The molecule has 2 rings (SSSR count). The molecule has 118 valence electrons. The summed E-state index contributed by atoms with van der Waals surface area (Å²) in [6.07, 6.45) is 1.76. The van der Waals surface area contributed by atoms with Gasteiger partial charge in [-0.1, -0.05) is 18.5 Å². The Hall–Kier alpha value is -1.79. The van der Waals surface area contributed by atoms with Gasteiger partial charge in [-0.25, -0.2) is 4.98 Å². The third-order valence-corrected chi connectivity index (χ3v) is 4.43. The maximum Gasteiger partial charge on any atom is 0.251 e. The minimum Gasteiger partial charge on any atom is -0.493 e. The van der Waals surface area contributed by atoms with E-state index < -0.39 is 0 Å². The molecule has 1 N–H and O–H groups in total. The number of aromatic nitrogens is 1. The largest absolute Gasteiger partial charge is 0.493 e. The standard InChI is InChI=1S/C15H17ClN2O3S/c1-9(15-17-4-5-22-15)8-18-14(19)10-6-11(16)13(21-3)12(7-10)20-2/h4-7,9H,8H2,1-3H3,(H,18,19)/t9-/m0/s1. The van der Waals surface area contributed by atoms with Crippen LogP contribution in [0.15, 0.2) is 23.7 Å². The van der Waals surface area contributed by atoms with E-state index in [0.29, 0.717) is 28.6 Å². The molecule has 0 aliphatic rings. The zero-order valence-electron chi connectivity index (χ0n) is 12.6. The summed E-state index contributed by atoms with van der Waals surface area (Å²) in [6.45, 7) is 2.51. The van der Waals surface area contributed by atoms with Gasteiger partial charge in [0, 0.05) is 29.6 Å². The lowest BCUT2D eigenvalue weighted by atomic mass is 10.1. The summed E-state index contributed by atoms with van der Waals surface area (Å²) in [5.41, 5.74) is 0.425. The molecule has 2 aromatic rings. The SMILES string of the molecule is COc1cc(C(=O)NC[C@H](C)c2nccs2)cc(Cl)c1OC. The van der Waals surface area contributed by atoms with Gasteiger partial charge in [-0.05, 0) is 12.1 Å². The highest BCUT2D eigenvalue weighted by Crippen LogP contribution is 2.36. The van der Waals surface area contributed by atoms with Crippen molar-refractivity contribution in [2.24, 2.45) is 0 Å². The molecule has 1 aromatic heterocycles. The molecule has 0 aliphatic carbocycles. The second kappa shape index (κ2) is 7.47. The summed E-state index contributed by atoms with van der Waals surface area (Å²) in [6, 6.07) is 3.17. The van der Waals surface area contributed by atoms with E-state index >= 15 is 0 Å². The van der Waals surface area contributed by atoms with E-state index in [9.17, 15) is 4.79 Å². The number of amides is 1. The van der Waals surface area contributed by atoms with Crippen LogP contribution >= 0.6 is 22.9 Å². The predicted octanol–water partition coefficient (Wildman–Crippen LogP) is 3.35. The van der Waals surface area contributed by atoms with E-state index in [0.717, 1.165) is 5.01 Å². The van der Waals surface area contributed by atoms with Crippen LogP contribution in [0.2, 0.25) is 5.02 Å². The average Bonchev–Trinajstić information content (AvgIpc) is 3.05. The molecule has 0 spiro atoms. The summed E-state index contributed by atoms with van der Waals surface area (Å²) in [7, 11) is 3.00. The van der Waals surface area contributed by atoms with Crippen molar-refractivity contribution in [2.75, 3.05) is 20.8 Å². The molecule has 22 heavy (non-hydrogen) atoms. The molecule has 0 bridgehead atoms. The zero-order chi connectivity index (χ0) is 16.1. The van der Waals surface area contributed by atoms with Gasteiger partial charge in [-0.2, -0.15) is 0 Å². The highest BCUT2D eigenvalue weighted by Gasteiger charge is 2.16. The van der Waals surface area contributed by atoms with Gasteiger partial charge >= 0.3 is 0 Å². The highest BCUT2D eigenvalue weighted by atomic mass is 35.5. The number of hydrogen-bond donors (Lipinski definition) is 1. The Morgan fingerprint density at radius 3 is 2.77 bits per heavy atom. The molecule has 1 aromatic carbocycles. The van der Waals surface area contributed by atoms with Gasteiger partial charge in [0.15, 0.2) is 11.5 Å². The first kappa shape index (κ1) is 16.6. The number of benzene rings is 1. The molecule has 0 aliphatic heterocycles. The molecule has 1 heterocycles. The summed E-state index contributed by atoms with van der Waals surface area (Å²) in [5.74, 6) is 0.774. The van der Waals surface area contributed by atoms with Gasteiger partial charge in [-0.15, -0.1) is 11.3 Å². The van der Waals surface area contributed by atoms with Gasteiger partial charge in [0.2, 0.25) is 0 Å². The molecule has 1 amide bonds. The van der Waals surface area contributed by atoms with Crippen molar-refractivity contribution in [3.05, 3.63) is 39.3 Å². The topological polar surface area (TPSA) is 60.5 Å². The minimum atomic E-state index is -0.216. The van der Waals surface area contributed by atoms with E-state index in [4.69, 9.17) is 21.1 Å². The first-order valence-corrected chi connectivity index (χ1v) is 7.91. The van der Waals surface area contributed by atoms with Gasteiger partial charge in [0.05, 0.1) is 24.2 Å². The smallest absolute Gasteiger partial charge is 0.251 e. The number of halogens is 1. The summed E-state index contributed by atoms with van der Waals surface area (Å²) < 4.78 is 10.3. The van der Waals surface area contributed by atoms with Crippen LogP contribution in [-0.2, 0) is 0 Å². The Kier molecular flexibility index (Phi) is 5.63. The van der Waals surface area contributed by atoms with Crippen molar-refractivity contribution >= 4 is 28.8 Å². The van der Waals surface area contributed by atoms with Gasteiger partial charge in [-0.3, -0.25) is 4.79 Å². The van der Waals surface area contributed by atoms with Crippen LogP contribution in [0.5, 0.6) is 11.5 Å². The first-order valence-electron chi connectivity index (χ1n) is 6.66. The summed E-state index contributed by atoms with van der Waals surface area (Å²) in [4.78, 5) is 16.5. The molecule has 5 nitrogen and oxygen atoms in total. The third-order valence-electron chi connectivity index (χ3n) is 3.14. The second-order valence-corrected chi connectivity index (χ2v) is 6.01. The highest BCUT2D eigenvalue weighted by molar-refractivity contribution is 7.09. The van der Waals surface area contributed by atoms with Crippen molar-refractivity contribution in [1.29, 1.82) is 0 Å². The Balaban J connectivity index is 2.08. The van der Waals surface area contributed by atoms with E-state index in [1.807, 2.05) is 12.3 Å². The molecule has 0 fully saturated rings. The monoisotopic (exact) mass is 340 g/mol. The van der Waals surface area contributed by atoms with Gasteiger partial charge in [0.1, 0.15) is 0 Å². The van der Waals surface area contributed by atoms with Crippen LogP contribution < -0.4 is 14.8 Å². The van der Waals surface area contributed by atoms with Gasteiger partial charge in [0.25, 0.3) is 5.91 Å². The Morgan fingerprint density at radius 1 is 1.41 bits per heavy atom. The molecular formula is C15H17ClN2O3S. The molecule has 0 radical (unpaired) electrons. The van der Waals surface area contributed by atoms with Crippen molar-refractivity contribution in [1.82, 2.24) is 10.3 Å². The van der Waals surface area contributed by atoms with Crippen LogP contribution in [-0.4, -0.2) is 31.7 Å². The van der Waals surface area contributed by atoms with Crippen molar-refractivity contribution in [2.45, 2.75) is 12.8 Å². The van der Waals surface area contributed by atoms with Crippen molar-refractivity contribution in [3.63, 3.8) is 0 Å². The predicted molar refractivity (Wildman–Crippen MR) is 87.4 cm³/mol. The fourth-order valence-corrected chi connectivity index (χ4v) is 2.95. The maximum absolute atomic E-state index is 12.3. The number of methoxy groups -OCH3 is 2. The maximum atomic E-state index is 12.3. The number of carbonyl (C=O) groups excluding carboxylic acids is 1. The third kappa shape index (κ3) is 3.69. The zero-order valence-corrected chi connectivity index (χ0v) is 14.1. The Labute approximate surface area is 138 Å². The molecule has 0 saturated carbocycles. The van der Waals surface area contributed by atoms with E-state index in [-0.39, 0.29) is 11.8 Å². The van der Waals surface area contributed by atoms with Crippen LogP contribution in [0.4, 0.5) is 0 Å². The molecule has 1 atom stereocenters. The lowest BCUT2D eigenvalue weighted by Crippen LogP contribution is -2.27. The molecule has 7 heteroatoms. The number of ether oxygens (including phenoxy) is 2. The minimum absolute atomic E-state index is 0.152. The second-order valence-electron chi connectivity index (χ2n) is 4.67. The summed E-state index contributed by atoms with van der Waals surface area (Å²) in [5, 5.41) is 6.12. The van der Waals surface area contributed by atoms with Crippen LogP contribution in [0.3, 0.4) is 0 Å². The molecular weight excluding hydrogens is 324 g/mol. The average molecular weight is 341 g/mol. The summed E-state index contributed by atoms with van der Waals surface area (Å²) >= 11 is 7.68. The first-order chi connectivity index (χ1) is 10.6. The normalized spacial score (nSPS) is 11.8.